The molecule has 0 amide bonds. The zero-order valence-electron chi connectivity index (χ0n) is 9.27. The Hall–Kier alpha value is -1.13. The van der Waals surface area contributed by atoms with E-state index >= 15 is 0 Å². The molecule has 1 aliphatic rings. The van der Waals surface area contributed by atoms with Crippen molar-refractivity contribution in [3.05, 3.63) is 39.4 Å². The van der Waals surface area contributed by atoms with Crippen LogP contribution in [-0.2, 0) is 19.5 Å². The third-order valence-corrected chi connectivity index (χ3v) is 4.15. The molecular formula is C12H14N2OS. The number of fused-ring (bicyclic) bond motifs is 1. The Balaban J connectivity index is 1.73. The van der Waals surface area contributed by atoms with E-state index in [4.69, 9.17) is 4.52 Å². The quantitative estimate of drug-likeness (QED) is 0.800. The van der Waals surface area contributed by atoms with E-state index in [0.29, 0.717) is 0 Å². The van der Waals surface area contributed by atoms with E-state index in [9.17, 15) is 0 Å². The fraction of sp³-hybridized carbons (Fsp3) is 0.417. The Morgan fingerprint density at radius 2 is 2.50 bits per heavy atom. The third-order valence-electron chi connectivity index (χ3n) is 3.13. The van der Waals surface area contributed by atoms with Crippen LogP contribution in [0.5, 0.6) is 0 Å². The van der Waals surface area contributed by atoms with Crippen LogP contribution in [0.15, 0.2) is 22.2 Å². The molecule has 0 saturated carbocycles. The summed E-state index contributed by atoms with van der Waals surface area (Å²) in [4.78, 5) is 4.01. The molecule has 1 aliphatic heterocycles. The van der Waals surface area contributed by atoms with Gasteiger partial charge >= 0.3 is 0 Å². The van der Waals surface area contributed by atoms with Crippen molar-refractivity contribution in [3.8, 4) is 0 Å². The molecule has 0 N–H and O–H groups in total. The maximum absolute atomic E-state index is 5.09. The standard InChI is InChI=1S/C12H14N2OS/c1-9-11(6-13-15-9)8-14-4-2-12-10(7-14)3-5-16-12/h3,5-6H,2,4,7-8H2,1H3. The van der Waals surface area contributed by atoms with Crippen LogP contribution in [0.4, 0.5) is 0 Å². The molecule has 0 aliphatic carbocycles. The van der Waals surface area contributed by atoms with Gasteiger partial charge in [-0.25, -0.2) is 0 Å². The van der Waals surface area contributed by atoms with Gasteiger partial charge in [-0.2, -0.15) is 0 Å². The van der Waals surface area contributed by atoms with Crippen LogP contribution < -0.4 is 0 Å². The minimum atomic E-state index is 0.941. The van der Waals surface area contributed by atoms with Gasteiger partial charge in [-0.3, -0.25) is 4.90 Å². The van der Waals surface area contributed by atoms with E-state index < -0.39 is 0 Å². The van der Waals surface area contributed by atoms with Crippen molar-refractivity contribution in [3.63, 3.8) is 0 Å². The smallest absolute Gasteiger partial charge is 0.138 e. The zero-order chi connectivity index (χ0) is 11.0. The number of rotatable bonds is 2. The van der Waals surface area contributed by atoms with Crippen molar-refractivity contribution in [2.24, 2.45) is 0 Å². The summed E-state index contributed by atoms with van der Waals surface area (Å²) in [7, 11) is 0. The summed E-state index contributed by atoms with van der Waals surface area (Å²) < 4.78 is 5.09. The van der Waals surface area contributed by atoms with Crippen molar-refractivity contribution >= 4 is 11.3 Å². The fourth-order valence-corrected chi connectivity index (χ4v) is 3.04. The number of hydrogen-bond acceptors (Lipinski definition) is 4. The Kier molecular flexibility index (Phi) is 2.53. The van der Waals surface area contributed by atoms with Gasteiger partial charge in [0.1, 0.15) is 5.76 Å². The molecule has 0 aromatic carbocycles. The normalized spacial score (nSPS) is 16.3. The molecule has 0 radical (unpaired) electrons. The van der Waals surface area contributed by atoms with Crippen LogP contribution in [0, 0.1) is 6.92 Å². The molecule has 0 fully saturated rings. The number of hydrogen-bond donors (Lipinski definition) is 0. The second-order valence-corrected chi connectivity index (χ2v) is 5.24. The number of thiophene rings is 1. The van der Waals surface area contributed by atoms with E-state index in [1.54, 1.807) is 4.88 Å². The van der Waals surface area contributed by atoms with E-state index in [1.807, 2.05) is 24.5 Å². The van der Waals surface area contributed by atoms with Crippen LogP contribution in [0.2, 0.25) is 0 Å². The predicted octanol–water partition coefficient (Wildman–Crippen LogP) is 2.60. The Bertz CT molecular complexity index is 489. The molecule has 84 valence electrons. The zero-order valence-corrected chi connectivity index (χ0v) is 10.1. The number of nitrogens with zero attached hydrogens (tertiary/aromatic N) is 2. The van der Waals surface area contributed by atoms with Crippen LogP contribution in [-0.4, -0.2) is 16.6 Å². The van der Waals surface area contributed by atoms with Gasteiger partial charge in [-0.05, 0) is 30.4 Å². The van der Waals surface area contributed by atoms with E-state index in [1.165, 1.54) is 17.5 Å². The monoisotopic (exact) mass is 234 g/mol. The van der Waals surface area contributed by atoms with E-state index in [-0.39, 0.29) is 0 Å². The maximum atomic E-state index is 5.09. The highest BCUT2D eigenvalue weighted by atomic mass is 32.1. The van der Waals surface area contributed by atoms with Gasteiger partial charge in [-0.15, -0.1) is 11.3 Å². The molecule has 3 rings (SSSR count). The van der Waals surface area contributed by atoms with Gasteiger partial charge < -0.3 is 4.52 Å². The number of aryl methyl sites for hydroxylation is 1. The lowest BCUT2D eigenvalue weighted by Gasteiger charge is -2.26. The van der Waals surface area contributed by atoms with Gasteiger partial charge in [0.05, 0.1) is 6.20 Å². The molecule has 3 heterocycles. The summed E-state index contributed by atoms with van der Waals surface area (Å²) >= 11 is 1.88. The first-order valence-electron chi connectivity index (χ1n) is 5.50. The molecule has 4 heteroatoms. The first kappa shape index (κ1) is 10.1. The molecular weight excluding hydrogens is 220 g/mol. The van der Waals surface area contributed by atoms with Gasteiger partial charge in [0, 0.05) is 30.1 Å². The minimum absolute atomic E-state index is 0.941. The number of aromatic nitrogens is 1. The summed E-state index contributed by atoms with van der Waals surface area (Å²) in [5.41, 5.74) is 2.70. The molecule has 3 nitrogen and oxygen atoms in total. The summed E-state index contributed by atoms with van der Waals surface area (Å²) in [5, 5.41) is 6.02. The molecule has 0 bridgehead atoms. The van der Waals surface area contributed by atoms with Gasteiger partial charge in [0.2, 0.25) is 0 Å². The Morgan fingerprint density at radius 3 is 3.31 bits per heavy atom. The first-order chi connectivity index (χ1) is 7.83. The molecule has 0 atom stereocenters. The van der Waals surface area contributed by atoms with Crippen LogP contribution in [0.25, 0.3) is 0 Å². The lowest BCUT2D eigenvalue weighted by atomic mass is 10.1. The SMILES string of the molecule is Cc1oncc1CN1CCc2sccc2C1. The molecule has 0 spiro atoms. The van der Waals surface area contributed by atoms with Crippen LogP contribution in [0.1, 0.15) is 21.8 Å². The topological polar surface area (TPSA) is 29.3 Å². The molecule has 0 unspecified atom stereocenters. The highest BCUT2D eigenvalue weighted by Crippen LogP contribution is 2.25. The van der Waals surface area contributed by atoms with Crippen molar-refractivity contribution < 1.29 is 4.52 Å². The fourth-order valence-electron chi connectivity index (χ4n) is 2.15. The van der Waals surface area contributed by atoms with Crippen molar-refractivity contribution in [1.29, 1.82) is 0 Å². The van der Waals surface area contributed by atoms with E-state index in [2.05, 4.69) is 21.5 Å². The highest BCUT2D eigenvalue weighted by Gasteiger charge is 2.18. The van der Waals surface area contributed by atoms with Crippen LogP contribution in [0.3, 0.4) is 0 Å². The molecule has 2 aromatic rings. The minimum Gasteiger partial charge on any atom is -0.361 e. The summed E-state index contributed by atoms with van der Waals surface area (Å²) in [6.45, 7) is 5.12. The summed E-state index contributed by atoms with van der Waals surface area (Å²) in [5.74, 6) is 0.941. The van der Waals surface area contributed by atoms with Gasteiger partial charge in [0.25, 0.3) is 0 Å². The maximum Gasteiger partial charge on any atom is 0.138 e. The lowest BCUT2D eigenvalue weighted by molar-refractivity contribution is 0.245. The van der Waals surface area contributed by atoms with E-state index in [0.717, 1.165) is 25.4 Å². The third kappa shape index (κ3) is 1.79. The van der Waals surface area contributed by atoms with Crippen molar-refractivity contribution in [1.82, 2.24) is 10.1 Å². The van der Waals surface area contributed by atoms with Gasteiger partial charge in [0.15, 0.2) is 0 Å². The molecule has 16 heavy (non-hydrogen) atoms. The second kappa shape index (κ2) is 4.03. The van der Waals surface area contributed by atoms with Crippen LogP contribution >= 0.6 is 11.3 Å². The first-order valence-corrected chi connectivity index (χ1v) is 6.38. The average Bonchev–Trinajstić information content (AvgIpc) is 2.88. The summed E-state index contributed by atoms with van der Waals surface area (Å²) in [6.07, 6.45) is 3.01. The predicted molar refractivity (Wildman–Crippen MR) is 63.4 cm³/mol. The summed E-state index contributed by atoms with van der Waals surface area (Å²) in [6, 6.07) is 2.24. The molecule has 2 aromatic heterocycles. The Labute approximate surface area is 98.7 Å². The van der Waals surface area contributed by atoms with Crippen molar-refractivity contribution in [2.45, 2.75) is 26.4 Å². The average molecular weight is 234 g/mol. The van der Waals surface area contributed by atoms with Crippen molar-refractivity contribution in [2.75, 3.05) is 6.54 Å². The van der Waals surface area contributed by atoms with Gasteiger partial charge in [-0.1, -0.05) is 5.16 Å². The molecule has 0 saturated heterocycles. The largest absolute Gasteiger partial charge is 0.361 e. The Morgan fingerprint density at radius 1 is 1.56 bits per heavy atom. The highest BCUT2D eigenvalue weighted by molar-refractivity contribution is 7.10. The second-order valence-electron chi connectivity index (χ2n) is 4.24. The lowest BCUT2D eigenvalue weighted by Crippen LogP contribution is -2.29.